The molecule has 0 aromatic heterocycles. The van der Waals surface area contributed by atoms with Gasteiger partial charge in [0.2, 0.25) is 5.91 Å². The molecule has 5 heteroatoms. The van der Waals surface area contributed by atoms with Crippen LogP contribution in [0.25, 0.3) is 0 Å². The molecule has 0 saturated carbocycles. The first kappa shape index (κ1) is 19.7. The molecule has 2 rings (SSSR count). The number of carboxylic acids is 1. The normalized spacial score (nSPS) is 10.5. The van der Waals surface area contributed by atoms with Crippen LogP contribution in [0.1, 0.15) is 30.4 Å². The van der Waals surface area contributed by atoms with Gasteiger partial charge in [-0.15, -0.1) is 0 Å². The van der Waals surface area contributed by atoms with Crippen LogP contribution in [0.4, 0.5) is 5.69 Å². The second-order valence-electron chi connectivity index (χ2n) is 6.23. The van der Waals surface area contributed by atoms with Crippen molar-refractivity contribution in [3.63, 3.8) is 0 Å². The average Bonchev–Trinajstić information content (AvgIpc) is 2.65. The Bertz CT molecular complexity index is 684. The van der Waals surface area contributed by atoms with Crippen LogP contribution in [0.2, 0.25) is 0 Å². The van der Waals surface area contributed by atoms with Crippen LogP contribution in [0.3, 0.4) is 0 Å². The molecule has 5 nitrogen and oxygen atoms in total. The van der Waals surface area contributed by atoms with Gasteiger partial charge in [-0.1, -0.05) is 42.5 Å². The molecule has 0 aliphatic rings. The van der Waals surface area contributed by atoms with Crippen molar-refractivity contribution >= 4 is 17.6 Å². The lowest BCUT2D eigenvalue weighted by Gasteiger charge is -2.07. The number of anilines is 1. The summed E-state index contributed by atoms with van der Waals surface area (Å²) in [6, 6.07) is 17.7. The first-order valence-corrected chi connectivity index (χ1v) is 8.99. The van der Waals surface area contributed by atoms with Gasteiger partial charge in [0.25, 0.3) is 0 Å². The summed E-state index contributed by atoms with van der Waals surface area (Å²) >= 11 is 0. The second kappa shape index (κ2) is 11.1. The van der Waals surface area contributed by atoms with Crippen LogP contribution >= 0.6 is 0 Å². The molecule has 0 heterocycles. The first-order chi connectivity index (χ1) is 12.6. The van der Waals surface area contributed by atoms with Gasteiger partial charge >= 0.3 is 5.97 Å². The number of carbonyl (C=O) groups excluding carboxylic acids is 1. The van der Waals surface area contributed by atoms with E-state index in [2.05, 4.69) is 22.8 Å². The van der Waals surface area contributed by atoms with Crippen LogP contribution in [-0.4, -0.2) is 30.1 Å². The van der Waals surface area contributed by atoms with E-state index in [1.165, 1.54) is 5.56 Å². The summed E-state index contributed by atoms with van der Waals surface area (Å²) in [5.74, 6) is -0.836. The van der Waals surface area contributed by atoms with E-state index in [-0.39, 0.29) is 12.3 Å². The Morgan fingerprint density at radius 1 is 0.808 bits per heavy atom. The standard InChI is InChI=1S/C21H26N2O3/c24-20(14-16-22-15-4-7-17-5-2-1-3-6-17)23-19-11-8-18(9-12-19)10-13-21(25)26/h1-3,5-6,8-9,11-12,22H,4,7,10,13-16H2,(H,23,24)(H,25,26). The first-order valence-electron chi connectivity index (χ1n) is 8.99. The molecule has 2 aromatic rings. The topological polar surface area (TPSA) is 78.4 Å². The lowest BCUT2D eigenvalue weighted by Crippen LogP contribution is -2.22. The average molecular weight is 354 g/mol. The van der Waals surface area contributed by atoms with Crippen LogP contribution in [-0.2, 0) is 22.4 Å². The number of aryl methyl sites for hydroxylation is 2. The number of carboxylic acid groups (broad SMARTS) is 1. The Morgan fingerprint density at radius 3 is 2.19 bits per heavy atom. The maximum absolute atomic E-state index is 11.9. The van der Waals surface area contributed by atoms with Crippen LogP contribution in [0.5, 0.6) is 0 Å². The minimum atomic E-state index is -0.807. The van der Waals surface area contributed by atoms with Gasteiger partial charge in [-0.2, -0.15) is 0 Å². The molecule has 3 N–H and O–H groups in total. The smallest absolute Gasteiger partial charge is 0.303 e. The van der Waals surface area contributed by atoms with Crippen molar-refractivity contribution in [1.82, 2.24) is 5.32 Å². The number of hydrogen-bond donors (Lipinski definition) is 3. The van der Waals surface area contributed by atoms with Crippen molar-refractivity contribution in [2.75, 3.05) is 18.4 Å². The van der Waals surface area contributed by atoms with E-state index >= 15 is 0 Å². The zero-order valence-corrected chi connectivity index (χ0v) is 14.9. The third kappa shape index (κ3) is 7.94. The summed E-state index contributed by atoms with van der Waals surface area (Å²) in [4.78, 5) is 22.5. The Morgan fingerprint density at radius 2 is 1.50 bits per heavy atom. The molecule has 0 aliphatic carbocycles. The molecule has 0 saturated heterocycles. The molecule has 0 unspecified atom stereocenters. The van der Waals surface area contributed by atoms with Gasteiger partial charge in [-0.3, -0.25) is 9.59 Å². The molecule has 138 valence electrons. The summed E-state index contributed by atoms with van der Waals surface area (Å²) in [5.41, 5.74) is 3.02. The summed E-state index contributed by atoms with van der Waals surface area (Å²) in [6.07, 6.45) is 3.11. The minimum absolute atomic E-state index is 0.0288. The van der Waals surface area contributed by atoms with E-state index in [0.29, 0.717) is 19.4 Å². The lowest BCUT2D eigenvalue weighted by molar-refractivity contribution is -0.137. The monoisotopic (exact) mass is 354 g/mol. The Balaban J connectivity index is 1.57. The summed E-state index contributed by atoms with van der Waals surface area (Å²) in [7, 11) is 0. The fourth-order valence-corrected chi connectivity index (χ4v) is 2.62. The number of carbonyl (C=O) groups is 2. The molecule has 0 aliphatic heterocycles. The highest BCUT2D eigenvalue weighted by Gasteiger charge is 2.03. The van der Waals surface area contributed by atoms with Gasteiger partial charge < -0.3 is 15.7 Å². The van der Waals surface area contributed by atoms with E-state index in [4.69, 9.17) is 5.11 Å². The lowest BCUT2D eigenvalue weighted by atomic mass is 10.1. The van der Waals surface area contributed by atoms with Crippen LogP contribution in [0, 0.1) is 0 Å². The number of rotatable bonds is 11. The van der Waals surface area contributed by atoms with Gasteiger partial charge in [0, 0.05) is 25.1 Å². The molecule has 1 amide bonds. The van der Waals surface area contributed by atoms with Crippen LogP contribution < -0.4 is 10.6 Å². The van der Waals surface area contributed by atoms with Gasteiger partial charge in [-0.25, -0.2) is 0 Å². The number of benzene rings is 2. The number of hydrogen-bond acceptors (Lipinski definition) is 3. The highest BCUT2D eigenvalue weighted by atomic mass is 16.4. The predicted molar refractivity (Wildman–Crippen MR) is 103 cm³/mol. The van der Waals surface area contributed by atoms with E-state index in [1.54, 1.807) is 0 Å². The molecule has 0 spiro atoms. The van der Waals surface area contributed by atoms with E-state index in [0.717, 1.165) is 30.6 Å². The summed E-state index contributed by atoms with van der Waals surface area (Å²) in [6.45, 7) is 1.54. The third-order valence-electron chi connectivity index (χ3n) is 4.06. The van der Waals surface area contributed by atoms with Crippen molar-refractivity contribution in [3.8, 4) is 0 Å². The Hall–Kier alpha value is -2.66. The maximum atomic E-state index is 11.9. The SMILES string of the molecule is O=C(O)CCc1ccc(NC(=O)CCNCCCc2ccccc2)cc1. The van der Waals surface area contributed by atoms with Crippen molar-refractivity contribution in [1.29, 1.82) is 0 Å². The summed E-state index contributed by atoms with van der Waals surface area (Å²) in [5, 5.41) is 14.8. The molecule has 26 heavy (non-hydrogen) atoms. The third-order valence-corrected chi connectivity index (χ3v) is 4.06. The predicted octanol–water partition coefficient (Wildman–Crippen LogP) is 3.25. The van der Waals surface area contributed by atoms with E-state index in [9.17, 15) is 9.59 Å². The van der Waals surface area contributed by atoms with Gasteiger partial charge in [0.1, 0.15) is 0 Å². The zero-order valence-electron chi connectivity index (χ0n) is 14.9. The fourth-order valence-electron chi connectivity index (χ4n) is 2.62. The Labute approximate surface area is 154 Å². The highest BCUT2D eigenvalue weighted by Crippen LogP contribution is 2.11. The quantitative estimate of drug-likeness (QED) is 0.541. The van der Waals surface area contributed by atoms with Gasteiger partial charge in [-0.05, 0) is 49.1 Å². The number of aliphatic carboxylic acids is 1. The van der Waals surface area contributed by atoms with Crippen molar-refractivity contribution in [3.05, 3.63) is 65.7 Å². The molecule has 0 fully saturated rings. The molecule has 0 bridgehead atoms. The van der Waals surface area contributed by atoms with E-state index < -0.39 is 5.97 Å². The highest BCUT2D eigenvalue weighted by molar-refractivity contribution is 5.90. The number of nitrogens with one attached hydrogen (secondary N) is 2. The van der Waals surface area contributed by atoms with Crippen LogP contribution in [0.15, 0.2) is 54.6 Å². The van der Waals surface area contributed by atoms with Crippen molar-refractivity contribution in [2.24, 2.45) is 0 Å². The fraction of sp³-hybridized carbons (Fsp3) is 0.333. The minimum Gasteiger partial charge on any atom is -0.481 e. The molecule has 0 radical (unpaired) electrons. The Kier molecular flexibility index (Phi) is 8.36. The number of amides is 1. The second-order valence-corrected chi connectivity index (χ2v) is 6.23. The van der Waals surface area contributed by atoms with Gasteiger partial charge in [0.05, 0.1) is 0 Å². The molecular weight excluding hydrogens is 328 g/mol. The van der Waals surface area contributed by atoms with Crippen molar-refractivity contribution < 1.29 is 14.7 Å². The summed E-state index contributed by atoms with van der Waals surface area (Å²) < 4.78 is 0. The van der Waals surface area contributed by atoms with Gasteiger partial charge in [0.15, 0.2) is 0 Å². The molecular formula is C21H26N2O3. The molecule has 2 aromatic carbocycles. The maximum Gasteiger partial charge on any atom is 0.303 e. The molecule has 0 atom stereocenters. The van der Waals surface area contributed by atoms with Crippen molar-refractivity contribution in [2.45, 2.75) is 32.1 Å². The largest absolute Gasteiger partial charge is 0.481 e. The van der Waals surface area contributed by atoms with E-state index in [1.807, 2.05) is 42.5 Å². The zero-order chi connectivity index (χ0) is 18.6.